The molecule has 29 heavy (non-hydrogen) atoms. The Morgan fingerprint density at radius 2 is 1.21 bits per heavy atom. The van der Waals surface area contributed by atoms with Crippen molar-refractivity contribution >= 4 is 34.7 Å². The van der Waals surface area contributed by atoms with Crippen molar-refractivity contribution in [2.75, 3.05) is 28.6 Å². The molecule has 154 valence electrons. The molecule has 0 aliphatic heterocycles. The summed E-state index contributed by atoms with van der Waals surface area (Å²) in [6.45, 7) is 10.6. The van der Waals surface area contributed by atoms with Crippen LogP contribution in [0, 0.1) is 5.41 Å². The van der Waals surface area contributed by atoms with E-state index in [0.717, 1.165) is 18.8 Å². The highest BCUT2D eigenvalue weighted by Gasteiger charge is 2.36. The maximum Gasteiger partial charge on any atom is 0.239 e. The Hall–Kier alpha value is -3.15. The zero-order valence-electron chi connectivity index (χ0n) is 17.7. The molecule has 0 radical (unpaired) electrons. The fraction of sp³-hybridized carbons (Fsp3) is 0.348. The fourth-order valence-corrected chi connectivity index (χ4v) is 2.81. The normalized spacial score (nSPS) is 10.9. The Labute approximate surface area is 172 Å². The van der Waals surface area contributed by atoms with Crippen LogP contribution in [0.4, 0.5) is 17.1 Å². The van der Waals surface area contributed by atoms with E-state index in [4.69, 9.17) is 0 Å². The Kier molecular flexibility index (Phi) is 7.15. The Morgan fingerprint density at radius 3 is 1.59 bits per heavy atom. The topological polar surface area (TPSA) is 78.5 Å². The second kappa shape index (κ2) is 9.37. The van der Waals surface area contributed by atoms with E-state index in [-0.39, 0.29) is 5.78 Å². The Morgan fingerprint density at radius 1 is 0.793 bits per heavy atom. The number of carbonyl (C=O) groups is 3. The van der Waals surface area contributed by atoms with Gasteiger partial charge in [0, 0.05) is 35.7 Å². The van der Waals surface area contributed by atoms with Gasteiger partial charge in [-0.2, -0.15) is 0 Å². The van der Waals surface area contributed by atoms with Crippen LogP contribution in [0.3, 0.4) is 0 Å². The van der Waals surface area contributed by atoms with E-state index in [2.05, 4.69) is 29.4 Å². The minimum atomic E-state index is -1.28. The molecule has 0 aliphatic carbocycles. The predicted octanol–water partition coefficient (Wildman–Crippen LogP) is 4.34. The molecule has 0 saturated carbocycles. The maximum atomic E-state index is 12.7. The van der Waals surface area contributed by atoms with Gasteiger partial charge in [0.1, 0.15) is 5.41 Å². The van der Waals surface area contributed by atoms with Crippen LogP contribution in [0.2, 0.25) is 0 Å². The van der Waals surface area contributed by atoms with Crippen molar-refractivity contribution in [3.63, 3.8) is 0 Å². The summed E-state index contributed by atoms with van der Waals surface area (Å²) >= 11 is 0. The molecule has 0 fully saturated rings. The van der Waals surface area contributed by atoms with Crippen LogP contribution in [0.25, 0.3) is 0 Å². The van der Waals surface area contributed by atoms with E-state index < -0.39 is 17.2 Å². The molecule has 0 aromatic heterocycles. The summed E-state index contributed by atoms with van der Waals surface area (Å²) in [6, 6.07) is 14.1. The van der Waals surface area contributed by atoms with Crippen molar-refractivity contribution in [3.8, 4) is 0 Å². The monoisotopic (exact) mass is 395 g/mol. The number of hydrogen-bond acceptors (Lipinski definition) is 4. The van der Waals surface area contributed by atoms with Crippen LogP contribution in [0.1, 0.15) is 45.0 Å². The molecule has 2 aromatic carbocycles. The molecule has 0 bridgehead atoms. The number of rotatable bonds is 8. The highest BCUT2D eigenvalue weighted by molar-refractivity contribution is 6.14. The number of hydrogen-bond donors (Lipinski definition) is 2. The van der Waals surface area contributed by atoms with Gasteiger partial charge in [-0.1, -0.05) is 0 Å². The third-order valence-electron chi connectivity index (χ3n) is 4.94. The molecular formula is C23H29N3O3. The lowest BCUT2D eigenvalue weighted by Gasteiger charge is -2.24. The molecule has 2 amide bonds. The van der Waals surface area contributed by atoms with Crippen molar-refractivity contribution in [1.29, 1.82) is 0 Å². The smallest absolute Gasteiger partial charge is 0.239 e. The summed E-state index contributed by atoms with van der Waals surface area (Å²) < 4.78 is 0. The van der Waals surface area contributed by atoms with Crippen LogP contribution < -0.4 is 15.5 Å². The number of carbonyl (C=O) groups excluding carboxylic acids is 3. The molecule has 0 spiro atoms. The van der Waals surface area contributed by atoms with E-state index in [1.165, 1.54) is 6.92 Å². The van der Waals surface area contributed by atoms with Crippen LogP contribution >= 0.6 is 0 Å². The molecule has 2 aromatic rings. The molecule has 0 atom stereocenters. The first-order valence-electron chi connectivity index (χ1n) is 9.78. The van der Waals surface area contributed by atoms with Gasteiger partial charge in [-0.05, 0) is 83.1 Å². The van der Waals surface area contributed by atoms with Crippen molar-refractivity contribution < 1.29 is 14.4 Å². The van der Waals surface area contributed by atoms with Gasteiger partial charge in [0.05, 0.1) is 0 Å². The number of nitrogens with zero attached hydrogens (tertiary/aromatic N) is 1. The third kappa shape index (κ3) is 5.44. The minimum absolute atomic E-state index is 0.0467. The van der Waals surface area contributed by atoms with Crippen LogP contribution in [0.5, 0.6) is 0 Å². The first kappa shape index (κ1) is 22.1. The van der Waals surface area contributed by atoms with Gasteiger partial charge in [-0.25, -0.2) is 0 Å². The van der Waals surface area contributed by atoms with Crippen molar-refractivity contribution in [1.82, 2.24) is 0 Å². The molecule has 2 N–H and O–H groups in total. The van der Waals surface area contributed by atoms with Gasteiger partial charge in [0.2, 0.25) is 11.8 Å². The van der Waals surface area contributed by atoms with Crippen LogP contribution in [0.15, 0.2) is 48.5 Å². The lowest BCUT2D eigenvalue weighted by Crippen LogP contribution is -2.41. The average Bonchev–Trinajstić information content (AvgIpc) is 2.70. The number of anilines is 3. The first-order valence-corrected chi connectivity index (χ1v) is 9.78. The quantitative estimate of drug-likeness (QED) is 0.515. The standard InChI is InChI=1S/C23H29N3O3/c1-6-26(7-2)20-14-12-19(13-15-20)25-22(29)23(4,5)21(28)24-18-10-8-17(9-11-18)16(3)27/h8-15H,6-7H2,1-5H3,(H,24,28)(H,25,29). The van der Waals surface area contributed by atoms with Gasteiger partial charge in [0.15, 0.2) is 5.78 Å². The Bertz CT molecular complexity index is 867. The van der Waals surface area contributed by atoms with Crippen molar-refractivity contribution in [3.05, 3.63) is 54.1 Å². The average molecular weight is 396 g/mol. The number of amides is 2. The molecule has 0 heterocycles. The third-order valence-corrected chi connectivity index (χ3v) is 4.94. The highest BCUT2D eigenvalue weighted by Crippen LogP contribution is 2.23. The van der Waals surface area contributed by atoms with Crippen LogP contribution in [-0.4, -0.2) is 30.7 Å². The van der Waals surface area contributed by atoms with Gasteiger partial charge < -0.3 is 15.5 Å². The number of benzene rings is 2. The summed E-state index contributed by atoms with van der Waals surface area (Å²) in [4.78, 5) is 38.9. The second-order valence-electron chi connectivity index (χ2n) is 7.39. The zero-order chi connectivity index (χ0) is 21.6. The number of Topliss-reactive ketones (excluding diaryl/α,β-unsaturated/α-hetero) is 1. The summed E-state index contributed by atoms with van der Waals surface area (Å²) in [5.74, 6) is -0.870. The summed E-state index contributed by atoms with van der Waals surface area (Å²) in [5, 5.41) is 5.55. The van der Waals surface area contributed by atoms with Crippen LogP contribution in [-0.2, 0) is 9.59 Å². The van der Waals surface area contributed by atoms with Gasteiger partial charge >= 0.3 is 0 Å². The molecule has 6 heteroatoms. The first-order chi connectivity index (χ1) is 13.7. The molecule has 0 saturated heterocycles. The van der Waals surface area contributed by atoms with Gasteiger partial charge in [-0.3, -0.25) is 14.4 Å². The molecule has 2 rings (SSSR count). The van der Waals surface area contributed by atoms with E-state index in [9.17, 15) is 14.4 Å². The molecule has 6 nitrogen and oxygen atoms in total. The van der Waals surface area contributed by atoms with Gasteiger partial charge in [-0.15, -0.1) is 0 Å². The highest BCUT2D eigenvalue weighted by atomic mass is 16.2. The lowest BCUT2D eigenvalue weighted by molar-refractivity contribution is -0.135. The number of ketones is 1. The van der Waals surface area contributed by atoms with Gasteiger partial charge in [0.25, 0.3) is 0 Å². The van der Waals surface area contributed by atoms with E-state index in [0.29, 0.717) is 16.9 Å². The van der Waals surface area contributed by atoms with Crippen molar-refractivity contribution in [2.24, 2.45) is 5.41 Å². The SMILES string of the molecule is CCN(CC)c1ccc(NC(=O)C(C)(C)C(=O)Nc2ccc(C(C)=O)cc2)cc1. The molecular weight excluding hydrogens is 366 g/mol. The van der Waals surface area contributed by atoms with Crippen molar-refractivity contribution in [2.45, 2.75) is 34.6 Å². The second-order valence-corrected chi connectivity index (χ2v) is 7.39. The minimum Gasteiger partial charge on any atom is -0.372 e. The lowest BCUT2D eigenvalue weighted by atomic mass is 9.90. The largest absolute Gasteiger partial charge is 0.372 e. The predicted molar refractivity (Wildman–Crippen MR) is 117 cm³/mol. The summed E-state index contributed by atoms with van der Waals surface area (Å²) in [6.07, 6.45) is 0. The maximum absolute atomic E-state index is 12.7. The fourth-order valence-electron chi connectivity index (χ4n) is 2.81. The van der Waals surface area contributed by atoms with E-state index in [1.807, 2.05) is 24.3 Å². The van der Waals surface area contributed by atoms with E-state index in [1.54, 1.807) is 38.1 Å². The summed E-state index contributed by atoms with van der Waals surface area (Å²) in [7, 11) is 0. The summed E-state index contributed by atoms with van der Waals surface area (Å²) in [5.41, 5.74) is 1.53. The zero-order valence-corrected chi connectivity index (χ0v) is 17.7. The molecule has 0 aliphatic rings. The number of nitrogens with one attached hydrogen (secondary N) is 2. The Balaban J connectivity index is 2.04. The van der Waals surface area contributed by atoms with E-state index >= 15 is 0 Å². The molecule has 0 unspecified atom stereocenters.